The average Bonchev–Trinajstić information content (AvgIpc) is 2.64. The third-order valence-electron chi connectivity index (χ3n) is 3.86. The molecule has 0 saturated heterocycles. The molecule has 27 heavy (non-hydrogen) atoms. The molecule has 158 valence electrons. The molecule has 0 bridgehead atoms. The summed E-state index contributed by atoms with van der Waals surface area (Å²) < 4.78 is 0. The van der Waals surface area contributed by atoms with Crippen LogP contribution < -0.4 is 5.73 Å². The molecule has 0 fully saturated rings. The van der Waals surface area contributed by atoms with Crippen molar-refractivity contribution in [3.63, 3.8) is 0 Å². The van der Waals surface area contributed by atoms with Crippen LogP contribution in [0.15, 0.2) is 24.3 Å². The van der Waals surface area contributed by atoms with Crippen LogP contribution >= 0.6 is 0 Å². The van der Waals surface area contributed by atoms with Crippen LogP contribution in [0.4, 0.5) is 0 Å². The highest BCUT2D eigenvalue weighted by Crippen LogP contribution is 2.08. The van der Waals surface area contributed by atoms with Crippen LogP contribution in [-0.2, 0) is 9.59 Å². The molecule has 0 heterocycles. The molecular weight excluding hydrogens is 346 g/mol. The molecule has 0 amide bonds. The topological polar surface area (TPSA) is 121 Å². The van der Waals surface area contributed by atoms with Crippen LogP contribution in [0.25, 0.3) is 0 Å². The van der Waals surface area contributed by atoms with Crippen LogP contribution in [0.3, 0.4) is 0 Å². The Morgan fingerprint density at radius 3 is 1.81 bits per heavy atom. The molecule has 1 unspecified atom stereocenters. The molecule has 6 heteroatoms. The fraction of sp³-hybridized carbons (Fsp3) is 0.714. The van der Waals surface area contributed by atoms with E-state index >= 15 is 0 Å². The molecule has 0 aromatic rings. The Kier molecular flexibility index (Phi) is 22.8. The van der Waals surface area contributed by atoms with Gasteiger partial charge in [0, 0.05) is 6.42 Å². The number of nitrogens with two attached hydrogens (primary N) is 1. The lowest BCUT2D eigenvalue weighted by Gasteiger charge is -1.98. The van der Waals surface area contributed by atoms with Crippen molar-refractivity contribution >= 4 is 11.9 Å². The molecule has 0 aliphatic carbocycles. The van der Waals surface area contributed by atoms with Crippen LogP contribution in [0.5, 0.6) is 0 Å². The van der Waals surface area contributed by atoms with Gasteiger partial charge in [0.25, 0.3) is 0 Å². The van der Waals surface area contributed by atoms with E-state index in [0.717, 1.165) is 25.7 Å². The van der Waals surface area contributed by atoms with Gasteiger partial charge in [0.15, 0.2) is 0 Å². The summed E-state index contributed by atoms with van der Waals surface area (Å²) in [6, 6.07) is -1.13. The number of carboxylic acid groups (broad SMARTS) is 2. The molecule has 0 spiro atoms. The minimum Gasteiger partial charge on any atom is -0.481 e. The van der Waals surface area contributed by atoms with Gasteiger partial charge in [-0.2, -0.15) is 0 Å². The Morgan fingerprint density at radius 2 is 1.37 bits per heavy atom. The van der Waals surface area contributed by atoms with Gasteiger partial charge in [-0.25, -0.2) is 0 Å². The number of allylic oxidation sites excluding steroid dienone is 4. The summed E-state index contributed by atoms with van der Waals surface area (Å²) in [5.74, 6) is -1.85. The minimum absolute atomic E-state index is 0.324. The number of carboxylic acids is 2. The van der Waals surface area contributed by atoms with Crippen molar-refractivity contribution < 1.29 is 24.9 Å². The van der Waals surface area contributed by atoms with Gasteiger partial charge in [0.2, 0.25) is 0 Å². The second-order valence-corrected chi connectivity index (χ2v) is 6.50. The van der Waals surface area contributed by atoms with Gasteiger partial charge in [-0.05, 0) is 38.5 Å². The second-order valence-electron chi connectivity index (χ2n) is 6.50. The molecule has 5 N–H and O–H groups in total. The Labute approximate surface area is 164 Å². The smallest absolute Gasteiger partial charge is 0.322 e. The summed E-state index contributed by atoms with van der Waals surface area (Å²) in [5, 5.41) is 24.4. The fourth-order valence-electron chi connectivity index (χ4n) is 2.17. The highest BCUT2D eigenvalue weighted by Gasteiger charge is 2.07. The van der Waals surface area contributed by atoms with Crippen LogP contribution in [0.2, 0.25) is 0 Å². The van der Waals surface area contributed by atoms with E-state index in [-0.39, 0.29) is 0 Å². The van der Waals surface area contributed by atoms with Crippen molar-refractivity contribution in [1.82, 2.24) is 0 Å². The minimum atomic E-state index is -1.18. The molecule has 0 rings (SSSR count). The zero-order chi connectivity index (χ0) is 20.8. The molecule has 0 aromatic carbocycles. The number of hydrogen-bond donors (Lipinski definition) is 4. The van der Waals surface area contributed by atoms with Gasteiger partial charge in [-0.15, -0.1) is 0 Å². The highest BCUT2D eigenvalue weighted by molar-refractivity contribution is 5.73. The first kappa shape index (κ1) is 27.6. The first-order valence-electron chi connectivity index (χ1n) is 10.1. The number of aliphatic hydroxyl groups is 1. The van der Waals surface area contributed by atoms with E-state index < -0.39 is 24.6 Å². The quantitative estimate of drug-likeness (QED) is 0.232. The number of hydrogen-bond acceptors (Lipinski definition) is 4. The molecule has 1 atom stereocenters. The number of unbranched alkanes of at least 4 members (excludes halogenated alkanes) is 8. The van der Waals surface area contributed by atoms with Gasteiger partial charge in [0.05, 0.1) is 6.61 Å². The van der Waals surface area contributed by atoms with E-state index in [1.54, 1.807) is 0 Å². The normalized spacial score (nSPS) is 12.1. The third-order valence-corrected chi connectivity index (χ3v) is 3.86. The van der Waals surface area contributed by atoms with Crippen molar-refractivity contribution in [3.05, 3.63) is 24.3 Å². The Balaban J connectivity index is 0. The number of aliphatic carboxylic acids is 2. The van der Waals surface area contributed by atoms with Crippen molar-refractivity contribution in [3.8, 4) is 0 Å². The first-order chi connectivity index (χ1) is 13.0. The predicted octanol–water partition coefficient (Wildman–Crippen LogP) is 4.28. The van der Waals surface area contributed by atoms with Gasteiger partial charge in [0.1, 0.15) is 6.04 Å². The van der Waals surface area contributed by atoms with E-state index in [2.05, 4.69) is 31.2 Å². The second kappa shape index (κ2) is 22.4. The standard InChI is InChI=1S/C18H32O2.C3H7NO3/c1-2-3-4-5-6-7-8-9-10-11-12-13-14-15-16-17-18(19)20;4-2(1-5)3(6)7/h6-7,9-10H,2-5,8,11-17H2,1H3,(H,19,20);2,5H,1,4H2,(H,6,7)/b7-6-,10-9-;. The van der Waals surface area contributed by atoms with E-state index in [1.807, 2.05) is 0 Å². The van der Waals surface area contributed by atoms with Crippen LogP contribution in [0.1, 0.15) is 84.0 Å². The molecular formula is C21H39NO5. The Morgan fingerprint density at radius 1 is 0.852 bits per heavy atom. The van der Waals surface area contributed by atoms with Crippen molar-refractivity contribution in [2.24, 2.45) is 5.73 Å². The lowest BCUT2D eigenvalue weighted by Crippen LogP contribution is -2.33. The van der Waals surface area contributed by atoms with Crippen LogP contribution in [0, 0.1) is 0 Å². The largest absolute Gasteiger partial charge is 0.481 e. The third kappa shape index (κ3) is 26.7. The maximum atomic E-state index is 10.3. The summed E-state index contributed by atoms with van der Waals surface area (Å²) in [7, 11) is 0. The molecule has 0 aromatic heterocycles. The predicted molar refractivity (Wildman–Crippen MR) is 110 cm³/mol. The average molecular weight is 386 g/mol. The van der Waals surface area contributed by atoms with Gasteiger partial charge < -0.3 is 21.1 Å². The van der Waals surface area contributed by atoms with Crippen molar-refractivity contribution in [2.75, 3.05) is 6.61 Å². The fourth-order valence-corrected chi connectivity index (χ4v) is 2.17. The van der Waals surface area contributed by atoms with Gasteiger partial charge >= 0.3 is 11.9 Å². The molecule has 0 saturated carbocycles. The highest BCUT2D eigenvalue weighted by atomic mass is 16.4. The zero-order valence-corrected chi connectivity index (χ0v) is 16.8. The molecule has 0 radical (unpaired) electrons. The molecule has 6 nitrogen and oxygen atoms in total. The zero-order valence-electron chi connectivity index (χ0n) is 16.8. The summed E-state index contributed by atoms with van der Waals surface area (Å²) in [6.07, 6.45) is 22.3. The number of rotatable bonds is 16. The van der Waals surface area contributed by atoms with E-state index in [4.69, 9.17) is 21.1 Å². The monoisotopic (exact) mass is 385 g/mol. The lowest BCUT2D eigenvalue weighted by atomic mass is 10.1. The van der Waals surface area contributed by atoms with Crippen molar-refractivity contribution in [1.29, 1.82) is 0 Å². The number of aliphatic hydroxyl groups excluding tert-OH is 1. The maximum absolute atomic E-state index is 10.3. The van der Waals surface area contributed by atoms with Gasteiger partial charge in [-0.1, -0.05) is 63.3 Å². The van der Waals surface area contributed by atoms with E-state index in [1.165, 1.54) is 44.9 Å². The molecule has 0 aliphatic rings. The summed E-state index contributed by atoms with van der Waals surface area (Å²) in [5.41, 5.74) is 4.77. The van der Waals surface area contributed by atoms with E-state index in [9.17, 15) is 9.59 Å². The SMILES string of the molecule is CCCCC/C=C\C/C=C\CCCCCCCC(=O)O.NC(CO)C(=O)O. The van der Waals surface area contributed by atoms with E-state index in [0.29, 0.717) is 6.42 Å². The summed E-state index contributed by atoms with van der Waals surface area (Å²) in [6.45, 7) is 1.73. The number of carbonyl (C=O) groups is 2. The maximum Gasteiger partial charge on any atom is 0.322 e. The summed E-state index contributed by atoms with van der Waals surface area (Å²) in [4.78, 5) is 20.0. The Hall–Kier alpha value is -1.66. The molecule has 0 aliphatic heterocycles. The van der Waals surface area contributed by atoms with Crippen molar-refractivity contribution in [2.45, 2.75) is 90.0 Å². The Bertz CT molecular complexity index is 407. The van der Waals surface area contributed by atoms with Gasteiger partial charge in [-0.3, -0.25) is 9.59 Å². The van der Waals surface area contributed by atoms with Crippen LogP contribution in [-0.4, -0.2) is 39.9 Å². The summed E-state index contributed by atoms with van der Waals surface area (Å²) >= 11 is 0. The first-order valence-corrected chi connectivity index (χ1v) is 10.1. The lowest BCUT2D eigenvalue weighted by molar-refractivity contribution is -0.139.